The zero-order valence-corrected chi connectivity index (χ0v) is 23.3. The van der Waals surface area contributed by atoms with Gasteiger partial charge < -0.3 is 14.8 Å². The van der Waals surface area contributed by atoms with E-state index in [1.54, 1.807) is 20.8 Å². The van der Waals surface area contributed by atoms with Gasteiger partial charge in [-0.3, -0.25) is 4.79 Å². The SMILES string of the molecule is CC(C)COc1c(C(=O)NC2C3CC4CC(C3)CC2C4)cnn1CCNS(=O)(=O)NC(=O)OC(C)(C)C. The van der Waals surface area contributed by atoms with Crippen LogP contribution in [0.1, 0.15) is 77.1 Å². The number of rotatable bonds is 10. The standard InChI is InChI=1S/C25H41N5O6S/c1-15(2)14-35-23-20(22(31)28-21-18-9-16-8-17(11-18)12-19(21)10-16)13-26-30(23)7-6-27-37(33,34)29-24(32)36-25(3,4)5/h13,15-19,21,27H,6-12,14H2,1-5H3,(H,28,31)(H,29,32). The molecule has 37 heavy (non-hydrogen) atoms. The van der Waals surface area contributed by atoms with Gasteiger partial charge in [0.05, 0.1) is 19.3 Å². The molecule has 1 heterocycles. The van der Waals surface area contributed by atoms with Crippen LogP contribution in [0.25, 0.3) is 0 Å². The number of hydrogen-bond donors (Lipinski definition) is 3. The number of nitrogens with one attached hydrogen (secondary N) is 3. The molecule has 4 aliphatic carbocycles. The number of carbonyl (C=O) groups excluding carboxylic acids is 2. The van der Waals surface area contributed by atoms with Crippen LogP contribution in [0, 0.1) is 29.6 Å². The Morgan fingerprint density at radius 1 is 1.11 bits per heavy atom. The van der Waals surface area contributed by atoms with Crippen molar-refractivity contribution in [2.45, 2.75) is 84.9 Å². The highest BCUT2D eigenvalue weighted by Crippen LogP contribution is 2.53. The molecule has 4 saturated carbocycles. The second-order valence-electron chi connectivity index (χ2n) is 12.2. The first-order valence-corrected chi connectivity index (χ1v) is 14.8. The van der Waals surface area contributed by atoms with Crippen molar-refractivity contribution in [1.82, 2.24) is 24.5 Å². The van der Waals surface area contributed by atoms with Crippen molar-refractivity contribution in [3.05, 3.63) is 11.8 Å². The Hall–Kier alpha value is -2.34. The average molecular weight is 540 g/mol. The van der Waals surface area contributed by atoms with E-state index in [4.69, 9.17) is 9.47 Å². The predicted octanol–water partition coefficient (Wildman–Crippen LogP) is 2.83. The van der Waals surface area contributed by atoms with E-state index in [1.807, 2.05) is 18.6 Å². The van der Waals surface area contributed by atoms with Crippen molar-refractivity contribution in [3.8, 4) is 5.88 Å². The third-order valence-electron chi connectivity index (χ3n) is 7.35. The molecule has 0 unspecified atom stereocenters. The molecule has 4 bridgehead atoms. The lowest BCUT2D eigenvalue weighted by atomic mass is 9.54. The van der Waals surface area contributed by atoms with Gasteiger partial charge >= 0.3 is 16.3 Å². The normalized spacial score (nSPS) is 26.8. The fourth-order valence-electron chi connectivity index (χ4n) is 6.21. The minimum absolute atomic E-state index is 0.0749. The van der Waals surface area contributed by atoms with E-state index >= 15 is 0 Å². The Morgan fingerprint density at radius 3 is 2.30 bits per heavy atom. The molecule has 0 spiro atoms. The smallest absolute Gasteiger partial charge is 0.422 e. The van der Waals surface area contributed by atoms with Gasteiger partial charge in [0.25, 0.3) is 5.91 Å². The first-order chi connectivity index (χ1) is 17.3. The van der Waals surface area contributed by atoms with Crippen molar-refractivity contribution >= 4 is 22.2 Å². The highest BCUT2D eigenvalue weighted by atomic mass is 32.2. The molecule has 5 rings (SSSR count). The zero-order chi connectivity index (χ0) is 27.0. The summed E-state index contributed by atoms with van der Waals surface area (Å²) in [6.07, 6.45) is 6.57. The van der Waals surface area contributed by atoms with Crippen molar-refractivity contribution in [3.63, 3.8) is 0 Å². The number of aromatic nitrogens is 2. The van der Waals surface area contributed by atoms with Gasteiger partial charge in [-0.05, 0) is 82.5 Å². The summed E-state index contributed by atoms with van der Waals surface area (Å²) in [5.74, 6) is 3.06. The predicted molar refractivity (Wildman–Crippen MR) is 137 cm³/mol. The van der Waals surface area contributed by atoms with E-state index in [0.717, 1.165) is 11.8 Å². The third kappa shape index (κ3) is 7.16. The number of carbonyl (C=O) groups is 2. The average Bonchev–Trinajstić information content (AvgIpc) is 3.15. The van der Waals surface area contributed by atoms with Gasteiger partial charge in [-0.2, -0.15) is 18.2 Å². The summed E-state index contributed by atoms with van der Waals surface area (Å²) in [4.78, 5) is 25.2. The number of nitrogens with zero attached hydrogens (tertiary/aromatic N) is 2. The summed E-state index contributed by atoms with van der Waals surface area (Å²) in [6.45, 7) is 9.34. The summed E-state index contributed by atoms with van der Waals surface area (Å²) in [7, 11) is -4.14. The molecule has 0 saturated heterocycles. The Labute approximate surface area is 219 Å². The van der Waals surface area contributed by atoms with Crippen LogP contribution in [0.15, 0.2) is 6.20 Å². The maximum Gasteiger partial charge on any atom is 0.422 e. The largest absolute Gasteiger partial charge is 0.477 e. The summed E-state index contributed by atoms with van der Waals surface area (Å²) in [5, 5.41) is 7.61. The lowest BCUT2D eigenvalue weighted by Crippen LogP contribution is -2.55. The van der Waals surface area contributed by atoms with Gasteiger partial charge in [-0.1, -0.05) is 13.8 Å². The highest BCUT2D eigenvalue weighted by molar-refractivity contribution is 7.88. The molecule has 0 radical (unpaired) electrons. The maximum absolute atomic E-state index is 13.4. The van der Waals surface area contributed by atoms with Crippen LogP contribution < -0.4 is 19.5 Å². The van der Waals surface area contributed by atoms with Crippen molar-refractivity contribution < 1.29 is 27.5 Å². The molecule has 208 valence electrons. The van der Waals surface area contributed by atoms with E-state index in [2.05, 4.69) is 15.1 Å². The highest BCUT2D eigenvalue weighted by Gasteiger charge is 2.48. The molecule has 0 atom stereocenters. The number of ether oxygens (including phenoxy) is 2. The van der Waals surface area contributed by atoms with Gasteiger partial charge in [-0.15, -0.1) is 0 Å². The molecule has 0 aromatic carbocycles. The Kier molecular flexibility index (Phi) is 8.08. The summed E-state index contributed by atoms with van der Waals surface area (Å²) in [5.41, 5.74) is -0.477. The van der Waals surface area contributed by atoms with E-state index in [9.17, 15) is 18.0 Å². The molecule has 1 aromatic rings. The lowest BCUT2D eigenvalue weighted by Gasteiger charge is -2.54. The van der Waals surface area contributed by atoms with Gasteiger partial charge in [-0.25, -0.2) is 14.2 Å². The topological polar surface area (TPSA) is 141 Å². The van der Waals surface area contributed by atoms with E-state index < -0.39 is 21.9 Å². The fraction of sp³-hybridized carbons (Fsp3) is 0.800. The van der Waals surface area contributed by atoms with Gasteiger partial charge in [0.2, 0.25) is 5.88 Å². The number of amides is 2. The van der Waals surface area contributed by atoms with Crippen LogP contribution in [0.4, 0.5) is 4.79 Å². The molecular weight excluding hydrogens is 498 g/mol. The molecule has 2 amide bonds. The molecule has 12 heteroatoms. The minimum atomic E-state index is -4.14. The van der Waals surface area contributed by atoms with Crippen LogP contribution in [0.2, 0.25) is 0 Å². The lowest BCUT2D eigenvalue weighted by molar-refractivity contribution is -0.0120. The van der Waals surface area contributed by atoms with E-state index in [-0.39, 0.29) is 31.0 Å². The zero-order valence-electron chi connectivity index (χ0n) is 22.5. The first-order valence-electron chi connectivity index (χ1n) is 13.3. The molecule has 11 nitrogen and oxygen atoms in total. The van der Waals surface area contributed by atoms with Crippen LogP contribution in [-0.2, 0) is 21.5 Å². The Balaban J connectivity index is 1.39. The molecule has 4 fully saturated rings. The van der Waals surface area contributed by atoms with Crippen LogP contribution >= 0.6 is 0 Å². The molecule has 0 aliphatic heterocycles. The molecular formula is C25H41N5O6S. The van der Waals surface area contributed by atoms with Crippen molar-refractivity contribution in [2.24, 2.45) is 29.6 Å². The summed E-state index contributed by atoms with van der Waals surface area (Å²) >= 11 is 0. The van der Waals surface area contributed by atoms with Gasteiger partial charge in [0.1, 0.15) is 11.2 Å². The summed E-state index contributed by atoms with van der Waals surface area (Å²) < 4.78 is 41.0. The maximum atomic E-state index is 13.4. The van der Waals surface area contributed by atoms with Gasteiger partial charge in [0.15, 0.2) is 0 Å². The van der Waals surface area contributed by atoms with Crippen LogP contribution in [0.5, 0.6) is 5.88 Å². The third-order valence-corrected chi connectivity index (χ3v) is 8.37. The van der Waals surface area contributed by atoms with Crippen LogP contribution in [0.3, 0.4) is 0 Å². The molecule has 4 aliphatic rings. The minimum Gasteiger partial charge on any atom is -0.477 e. The van der Waals surface area contributed by atoms with E-state index in [0.29, 0.717) is 29.9 Å². The van der Waals surface area contributed by atoms with Crippen molar-refractivity contribution in [2.75, 3.05) is 13.2 Å². The second-order valence-corrected chi connectivity index (χ2v) is 13.7. The first kappa shape index (κ1) is 27.7. The monoisotopic (exact) mass is 539 g/mol. The quantitative estimate of drug-likeness (QED) is 0.415. The summed E-state index contributed by atoms with van der Waals surface area (Å²) in [6, 6.07) is 0.187. The van der Waals surface area contributed by atoms with Crippen molar-refractivity contribution in [1.29, 1.82) is 0 Å². The van der Waals surface area contributed by atoms with E-state index in [1.165, 1.54) is 43.0 Å². The van der Waals surface area contributed by atoms with Gasteiger partial charge in [0, 0.05) is 12.6 Å². The molecule has 3 N–H and O–H groups in total. The number of hydrogen-bond acceptors (Lipinski definition) is 7. The van der Waals surface area contributed by atoms with Crippen LogP contribution in [-0.4, -0.2) is 55.0 Å². The molecule has 1 aromatic heterocycles. The Morgan fingerprint density at radius 2 is 1.73 bits per heavy atom. The fourth-order valence-corrected chi connectivity index (χ4v) is 6.90. The second kappa shape index (κ2) is 10.8. The Bertz CT molecular complexity index is 1070.